The molecule has 0 saturated heterocycles. The lowest BCUT2D eigenvalue weighted by atomic mass is 9.84. The number of aliphatic carboxylic acids is 1. The van der Waals surface area contributed by atoms with Crippen molar-refractivity contribution in [3.8, 4) is 5.75 Å². The Morgan fingerprint density at radius 2 is 2.14 bits per heavy atom. The third-order valence-corrected chi connectivity index (χ3v) is 4.08. The Kier molecular flexibility index (Phi) is 5.23. The minimum atomic E-state index is -0.715. The molecule has 2 N–H and O–H groups in total. The molecule has 4 heteroatoms. The molecule has 0 radical (unpaired) electrons. The fraction of sp³-hybridized carbons (Fsp3) is 0.588. The van der Waals surface area contributed by atoms with Crippen molar-refractivity contribution in [2.75, 3.05) is 13.1 Å². The maximum Gasteiger partial charge on any atom is 0.303 e. The van der Waals surface area contributed by atoms with Gasteiger partial charge in [-0.2, -0.15) is 0 Å². The highest BCUT2D eigenvalue weighted by atomic mass is 16.5. The van der Waals surface area contributed by atoms with Crippen LogP contribution in [-0.2, 0) is 11.2 Å². The highest BCUT2D eigenvalue weighted by Gasteiger charge is 2.22. The average molecular weight is 291 g/mol. The molecule has 0 fully saturated rings. The van der Waals surface area contributed by atoms with Crippen LogP contribution < -0.4 is 10.1 Å². The quantitative estimate of drug-likeness (QED) is 0.723. The molecule has 1 aliphatic rings. The van der Waals surface area contributed by atoms with Gasteiger partial charge < -0.3 is 15.2 Å². The number of nitrogens with one attached hydrogen (secondary N) is 1. The number of fused-ring (bicyclic) bond motifs is 1. The number of hydrogen-bond acceptors (Lipinski definition) is 3. The Balaban J connectivity index is 1.64. The topological polar surface area (TPSA) is 58.6 Å². The number of ether oxygens (including phenoxy) is 1. The highest BCUT2D eigenvalue weighted by Crippen LogP contribution is 2.28. The Hall–Kier alpha value is -1.55. The Morgan fingerprint density at radius 1 is 1.38 bits per heavy atom. The fourth-order valence-electron chi connectivity index (χ4n) is 2.63. The number of benzene rings is 1. The van der Waals surface area contributed by atoms with Gasteiger partial charge >= 0.3 is 5.97 Å². The van der Waals surface area contributed by atoms with Gasteiger partial charge in [0, 0.05) is 19.4 Å². The standard InChI is InChI=1S/C17H25NO3/c1-17(2,8-7-16(19)20)9-10-18-12-14-11-13-5-3-4-6-15(13)21-14/h3-6,14,18H,7-12H2,1-2H3,(H,19,20). The first kappa shape index (κ1) is 15.8. The molecule has 0 saturated carbocycles. The van der Waals surface area contributed by atoms with Gasteiger partial charge in [-0.15, -0.1) is 0 Å². The van der Waals surface area contributed by atoms with Crippen LogP contribution >= 0.6 is 0 Å². The molecule has 1 aromatic rings. The zero-order valence-corrected chi connectivity index (χ0v) is 12.9. The predicted molar refractivity (Wildman–Crippen MR) is 82.7 cm³/mol. The van der Waals surface area contributed by atoms with Crippen molar-refractivity contribution in [3.05, 3.63) is 29.8 Å². The molecular weight excluding hydrogens is 266 g/mol. The molecule has 116 valence electrons. The fourth-order valence-corrected chi connectivity index (χ4v) is 2.63. The third-order valence-electron chi connectivity index (χ3n) is 4.08. The van der Waals surface area contributed by atoms with E-state index in [1.165, 1.54) is 5.56 Å². The Morgan fingerprint density at radius 3 is 2.86 bits per heavy atom. The second-order valence-corrected chi connectivity index (χ2v) is 6.56. The maximum atomic E-state index is 10.6. The van der Waals surface area contributed by atoms with Gasteiger partial charge in [0.2, 0.25) is 0 Å². The summed E-state index contributed by atoms with van der Waals surface area (Å²) < 4.78 is 5.88. The smallest absolute Gasteiger partial charge is 0.303 e. The molecule has 0 aromatic heterocycles. The van der Waals surface area contributed by atoms with Crippen molar-refractivity contribution in [2.24, 2.45) is 5.41 Å². The largest absolute Gasteiger partial charge is 0.488 e. The van der Waals surface area contributed by atoms with E-state index in [2.05, 4.69) is 25.2 Å². The first-order valence-corrected chi connectivity index (χ1v) is 7.63. The SMILES string of the molecule is CC(C)(CCNCC1Cc2ccccc2O1)CCC(=O)O. The molecule has 21 heavy (non-hydrogen) atoms. The van der Waals surface area contributed by atoms with Crippen LogP contribution in [0.3, 0.4) is 0 Å². The Labute approximate surface area is 126 Å². The minimum absolute atomic E-state index is 0.0604. The first-order chi connectivity index (χ1) is 9.96. The molecule has 1 aromatic carbocycles. The summed E-state index contributed by atoms with van der Waals surface area (Å²) in [6.07, 6.45) is 3.11. The number of carboxylic acids is 1. The minimum Gasteiger partial charge on any atom is -0.488 e. The molecule has 2 rings (SSSR count). The monoisotopic (exact) mass is 291 g/mol. The number of carbonyl (C=O) groups is 1. The van der Waals surface area contributed by atoms with E-state index in [1.807, 2.05) is 18.2 Å². The normalized spacial score (nSPS) is 17.3. The van der Waals surface area contributed by atoms with Crippen LogP contribution in [0, 0.1) is 5.41 Å². The van der Waals surface area contributed by atoms with E-state index in [-0.39, 0.29) is 17.9 Å². The van der Waals surface area contributed by atoms with Crippen molar-refractivity contribution < 1.29 is 14.6 Å². The van der Waals surface area contributed by atoms with Crippen molar-refractivity contribution in [1.82, 2.24) is 5.32 Å². The number of hydrogen-bond donors (Lipinski definition) is 2. The van der Waals surface area contributed by atoms with Crippen LogP contribution in [0.1, 0.15) is 38.7 Å². The Bertz CT molecular complexity index is 460. The summed E-state index contributed by atoms with van der Waals surface area (Å²) in [5.41, 5.74) is 1.34. The molecule has 4 nitrogen and oxygen atoms in total. The van der Waals surface area contributed by atoms with Gasteiger partial charge in [-0.3, -0.25) is 4.79 Å². The summed E-state index contributed by atoms with van der Waals surface area (Å²) in [4.78, 5) is 10.6. The molecule has 0 bridgehead atoms. The van der Waals surface area contributed by atoms with E-state index in [4.69, 9.17) is 9.84 Å². The van der Waals surface area contributed by atoms with Crippen LogP contribution in [0.4, 0.5) is 0 Å². The lowest BCUT2D eigenvalue weighted by molar-refractivity contribution is -0.137. The van der Waals surface area contributed by atoms with Gasteiger partial charge in [0.05, 0.1) is 0 Å². The predicted octanol–water partition coefficient (Wildman–Crippen LogP) is 2.86. The van der Waals surface area contributed by atoms with E-state index >= 15 is 0 Å². The molecule has 1 heterocycles. The number of rotatable bonds is 8. The molecule has 0 aliphatic carbocycles. The van der Waals surface area contributed by atoms with Crippen molar-refractivity contribution in [1.29, 1.82) is 0 Å². The number of carboxylic acid groups (broad SMARTS) is 1. The molecule has 1 aliphatic heterocycles. The van der Waals surface area contributed by atoms with Gasteiger partial charge in [-0.05, 0) is 36.4 Å². The van der Waals surface area contributed by atoms with Crippen LogP contribution in [0.5, 0.6) is 5.75 Å². The van der Waals surface area contributed by atoms with Crippen molar-refractivity contribution in [2.45, 2.75) is 45.6 Å². The molecule has 1 unspecified atom stereocenters. The highest BCUT2D eigenvalue weighted by molar-refractivity contribution is 5.66. The zero-order chi connectivity index (χ0) is 15.3. The van der Waals surface area contributed by atoms with E-state index in [9.17, 15) is 4.79 Å². The maximum absolute atomic E-state index is 10.6. The lowest BCUT2D eigenvalue weighted by Gasteiger charge is -2.24. The molecular formula is C17H25NO3. The molecule has 0 amide bonds. The summed E-state index contributed by atoms with van der Waals surface area (Å²) in [5.74, 6) is 0.291. The summed E-state index contributed by atoms with van der Waals surface area (Å²) in [5, 5.41) is 12.2. The van der Waals surface area contributed by atoms with Gasteiger partial charge in [0.15, 0.2) is 0 Å². The lowest BCUT2D eigenvalue weighted by Crippen LogP contribution is -2.32. The molecule has 0 spiro atoms. The van der Waals surface area contributed by atoms with Crippen LogP contribution in [-0.4, -0.2) is 30.3 Å². The summed E-state index contributed by atoms with van der Waals surface area (Å²) in [6, 6.07) is 8.18. The van der Waals surface area contributed by atoms with E-state index in [1.54, 1.807) is 0 Å². The van der Waals surface area contributed by atoms with Gasteiger partial charge in [0.25, 0.3) is 0 Å². The van der Waals surface area contributed by atoms with Gasteiger partial charge in [-0.25, -0.2) is 0 Å². The third kappa shape index (κ3) is 5.05. The van der Waals surface area contributed by atoms with Crippen LogP contribution in [0.2, 0.25) is 0 Å². The van der Waals surface area contributed by atoms with Crippen molar-refractivity contribution >= 4 is 5.97 Å². The molecule has 1 atom stereocenters. The van der Waals surface area contributed by atoms with E-state index in [0.29, 0.717) is 0 Å². The van der Waals surface area contributed by atoms with Crippen LogP contribution in [0.25, 0.3) is 0 Å². The van der Waals surface area contributed by atoms with Gasteiger partial charge in [-0.1, -0.05) is 32.0 Å². The summed E-state index contributed by atoms with van der Waals surface area (Å²) in [7, 11) is 0. The average Bonchev–Trinajstić information content (AvgIpc) is 2.84. The first-order valence-electron chi connectivity index (χ1n) is 7.63. The van der Waals surface area contributed by atoms with Crippen molar-refractivity contribution in [3.63, 3.8) is 0 Å². The zero-order valence-electron chi connectivity index (χ0n) is 12.9. The van der Waals surface area contributed by atoms with E-state index < -0.39 is 5.97 Å². The summed E-state index contributed by atoms with van der Waals surface area (Å²) >= 11 is 0. The number of para-hydroxylation sites is 1. The second kappa shape index (κ2) is 6.94. The summed E-state index contributed by atoms with van der Waals surface area (Å²) in [6.45, 7) is 5.98. The second-order valence-electron chi connectivity index (χ2n) is 6.56. The van der Waals surface area contributed by atoms with E-state index in [0.717, 1.165) is 38.1 Å². The van der Waals surface area contributed by atoms with Crippen LogP contribution in [0.15, 0.2) is 24.3 Å². The van der Waals surface area contributed by atoms with Gasteiger partial charge in [0.1, 0.15) is 11.9 Å².